The largest absolute Gasteiger partial charge is 0.480 e. The maximum absolute atomic E-state index is 13.8. The Balaban J connectivity index is 6.35. The quantitative estimate of drug-likeness (QED) is 0.0318. The van der Waals surface area contributed by atoms with Crippen LogP contribution in [-0.4, -0.2) is 159 Å². The minimum absolute atomic E-state index is 0.0530. The molecule has 0 aromatic rings. The molecule has 0 aromatic heterocycles. The Kier molecular flexibility index (Phi) is 26.1. The Labute approximate surface area is 376 Å². The molecule has 0 aromatic carbocycles. The van der Waals surface area contributed by atoms with E-state index in [0.717, 1.165) is 13.8 Å². The molecule has 0 saturated carbocycles. The number of aliphatic carboxylic acids is 1. The summed E-state index contributed by atoms with van der Waals surface area (Å²) in [6.07, 6.45) is -2.88. The third kappa shape index (κ3) is 21.0. The first kappa shape index (κ1) is 59.0. The fourth-order valence-electron chi connectivity index (χ4n) is 5.79. The Bertz CT molecular complexity index is 1700. The third-order valence-corrected chi connectivity index (χ3v) is 9.87. The van der Waals surface area contributed by atoms with Gasteiger partial charge < -0.3 is 80.2 Å². The lowest BCUT2D eigenvalue weighted by Crippen LogP contribution is -2.63. The van der Waals surface area contributed by atoms with Gasteiger partial charge in [-0.25, -0.2) is 0 Å². The van der Waals surface area contributed by atoms with Gasteiger partial charge >= 0.3 is 5.97 Å². The number of rotatable bonds is 30. The number of carboxylic acids is 1. The number of aliphatic hydroxyl groups excluding tert-OH is 3. The molecule has 18 N–H and O–H groups in total. The molecule has 0 radical (unpaired) electrons. The first-order valence-corrected chi connectivity index (χ1v) is 21.0. The number of nitrogens with two attached hydrogens (primary N) is 3. The van der Waals surface area contributed by atoms with Crippen molar-refractivity contribution < 1.29 is 73.2 Å². The van der Waals surface area contributed by atoms with Crippen LogP contribution in [0.15, 0.2) is 0 Å². The second-order valence-electron chi connectivity index (χ2n) is 16.4. The topological polar surface area (TPSA) is 443 Å². The van der Waals surface area contributed by atoms with Gasteiger partial charge in [0.25, 0.3) is 0 Å². The normalized spacial score (nSPS) is 16.3. The van der Waals surface area contributed by atoms with Crippen LogP contribution >= 0.6 is 0 Å². The number of hydrogen-bond acceptors (Lipinski definition) is 15. The highest BCUT2D eigenvalue weighted by Crippen LogP contribution is 2.12. The fourth-order valence-corrected chi connectivity index (χ4v) is 5.79. The van der Waals surface area contributed by atoms with Crippen LogP contribution in [0.5, 0.6) is 0 Å². The van der Waals surface area contributed by atoms with E-state index in [9.17, 15) is 73.2 Å². The summed E-state index contributed by atoms with van der Waals surface area (Å²) in [4.78, 5) is 141. The van der Waals surface area contributed by atoms with Crippen LogP contribution in [0.1, 0.15) is 87.5 Å². The highest BCUT2D eigenvalue weighted by Gasteiger charge is 2.37. The van der Waals surface area contributed by atoms with Gasteiger partial charge in [0, 0.05) is 6.42 Å². The zero-order chi connectivity index (χ0) is 50.5. The highest BCUT2D eigenvalue weighted by atomic mass is 16.4. The Morgan fingerprint density at radius 1 is 0.523 bits per heavy atom. The molecule has 26 heteroatoms. The molecule has 26 nitrogen and oxygen atoms in total. The van der Waals surface area contributed by atoms with Crippen LogP contribution in [0, 0.1) is 17.8 Å². The standard InChI is InChI=1S/C39H69N11O15/c1-9-18(6)29(49-35(60)25(15-52)47-38(63)30(20(8)53)50-33(58)23(12-16(2)3)45-31(56)21(40)14-51)37(62)46-24(13-27(42)55)34(59)48-28(17(4)5)36(61)44-22(10-11-26(41)54)32(57)43-19(7)39(64)65/h16-25,28-30,51-53H,9-15,40H2,1-8H3,(H2,41,54)(H2,42,55)(H,43,57)(H,44,61)(H,45,56)(H,46,62)(H,47,63)(H,48,59)(H,49,60)(H,50,58)(H,64,65)/t18-,19-,20+,21-,22-,23-,24-,25-,28-,29-,30-/m0/s1. The van der Waals surface area contributed by atoms with Gasteiger partial charge in [-0.2, -0.15) is 0 Å². The van der Waals surface area contributed by atoms with Crippen LogP contribution in [0.3, 0.4) is 0 Å². The minimum atomic E-state index is -1.80. The van der Waals surface area contributed by atoms with Crippen molar-refractivity contribution in [2.45, 2.75) is 148 Å². The zero-order valence-corrected chi connectivity index (χ0v) is 38.0. The van der Waals surface area contributed by atoms with E-state index in [1.165, 1.54) is 20.8 Å². The van der Waals surface area contributed by atoms with E-state index in [4.69, 9.17) is 17.2 Å². The van der Waals surface area contributed by atoms with E-state index in [1.54, 1.807) is 20.8 Å². The molecule has 11 atom stereocenters. The lowest BCUT2D eigenvalue weighted by Gasteiger charge is -2.30. The number of carboxylic acid groups (broad SMARTS) is 1. The van der Waals surface area contributed by atoms with Crippen molar-refractivity contribution >= 4 is 65.0 Å². The second kappa shape index (κ2) is 28.7. The second-order valence-corrected chi connectivity index (χ2v) is 16.4. The Morgan fingerprint density at radius 2 is 0.969 bits per heavy atom. The predicted octanol–water partition coefficient (Wildman–Crippen LogP) is -6.45. The summed E-state index contributed by atoms with van der Waals surface area (Å²) in [5.41, 5.74) is 16.1. The summed E-state index contributed by atoms with van der Waals surface area (Å²) < 4.78 is 0. The number of carbonyl (C=O) groups is 11. The van der Waals surface area contributed by atoms with Gasteiger partial charge in [-0.05, 0) is 44.4 Å². The van der Waals surface area contributed by atoms with E-state index < -0.39 is 163 Å². The SMILES string of the molecule is CC[C@H](C)[C@H](NC(=O)[C@H](CO)NC(=O)[C@@H](NC(=O)[C@H](CC(C)C)NC(=O)[C@@H](N)CO)[C@@H](C)O)C(=O)N[C@@H](CC(N)=O)C(=O)N[C@H](C(=O)N[C@@H](CCC(N)=O)C(=O)N[C@@H](C)C(=O)O)C(C)C. The molecular formula is C39H69N11O15. The number of hydrogen-bond donors (Lipinski definition) is 15. The monoisotopic (exact) mass is 931 g/mol. The van der Waals surface area contributed by atoms with Crippen molar-refractivity contribution in [3.05, 3.63) is 0 Å². The molecule has 0 unspecified atom stereocenters. The average molecular weight is 932 g/mol. The van der Waals surface area contributed by atoms with Crippen molar-refractivity contribution in [1.82, 2.24) is 42.5 Å². The molecule has 0 bridgehead atoms. The summed E-state index contributed by atoms with van der Waals surface area (Å²) in [5.74, 6) is -13.1. The molecule has 0 spiro atoms. The summed E-state index contributed by atoms with van der Waals surface area (Å²) in [6, 6.07) is -13.8. The van der Waals surface area contributed by atoms with Gasteiger partial charge in [-0.3, -0.25) is 52.7 Å². The van der Waals surface area contributed by atoms with Crippen molar-refractivity contribution in [2.75, 3.05) is 13.2 Å². The lowest BCUT2D eigenvalue weighted by atomic mass is 9.97. The van der Waals surface area contributed by atoms with Crippen molar-refractivity contribution in [1.29, 1.82) is 0 Å². The van der Waals surface area contributed by atoms with Crippen LogP contribution in [0.4, 0.5) is 0 Å². The molecule has 10 amide bonds. The van der Waals surface area contributed by atoms with Gasteiger partial charge in [-0.1, -0.05) is 48.0 Å². The van der Waals surface area contributed by atoms with E-state index in [0.29, 0.717) is 0 Å². The van der Waals surface area contributed by atoms with Gasteiger partial charge in [0.05, 0.1) is 25.7 Å². The number of aliphatic hydroxyl groups is 3. The maximum atomic E-state index is 13.8. The third-order valence-electron chi connectivity index (χ3n) is 9.87. The first-order valence-electron chi connectivity index (χ1n) is 21.0. The fraction of sp³-hybridized carbons (Fsp3) is 0.718. The number of nitrogens with one attached hydrogen (secondary N) is 8. The maximum Gasteiger partial charge on any atom is 0.325 e. The molecule has 0 rings (SSSR count). The van der Waals surface area contributed by atoms with Crippen LogP contribution in [-0.2, 0) is 52.7 Å². The molecule has 0 aliphatic heterocycles. The van der Waals surface area contributed by atoms with Crippen LogP contribution < -0.4 is 59.7 Å². The van der Waals surface area contributed by atoms with E-state index in [-0.39, 0.29) is 25.2 Å². The van der Waals surface area contributed by atoms with E-state index >= 15 is 0 Å². The zero-order valence-electron chi connectivity index (χ0n) is 38.0. The predicted molar refractivity (Wildman–Crippen MR) is 229 cm³/mol. The molecule has 0 saturated heterocycles. The number of amides is 10. The number of carbonyl (C=O) groups excluding carboxylic acids is 10. The molecule has 65 heavy (non-hydrogen) atoms. The Morgan fingerprint density at radius 3 is 1.43 bits per heavy atom. The van der Waals surface area contributed by atoms with Gasteiger partial charge in [0.2, 0.25) is 59.1 Å². The molecule has 370 valence electrons. The van der Waals surface area contributed by atoms with Gasteiger partial charge in [0.15, 0.2) is 0 Å². The summed E-state index contributed by atoms with van der Waals surface area (Å²) >= 11 is 0. The smallest absolute Gasteiger partial charge is 0.325 e. The lowest BCUT2D eigenvalue weighted by molar-refractivity contribution is -0.142. The Hall–Kier alpha value is -5.99. The van der Waals surface area contributed by atoms with Gasteiger partial charge in [0.1, 0.15) is 54.4 Å². The van der Waals surface area contributed by atoms with E-state index in [2.05, 4.69) is 42.5 Å². The molecule has 0 heterocycles. The molecular weight excluding hydrogens is 862 g/mol. The summed E-state index contributed by atoms with van der Waals surface area (Å²) in [7, 11) is 0. The number of primary amides is 2. The molecule has 0 aliphatic rings. The van der Waals surface area contributed by atoms with Gasteiger partial charge in [-0.15, -0.1) is 0 Å². The van der Waals surface area contributed by atoms with E-state index in [1.807, 2.05) is 0 Å². The average Bonchev–Trinajstić information content (AvgIpc) is 3.21. The molecule has 0 aliphatic carbocycles. The van der Waals surface area contributed by atoms with Crippen LogP contribution in [0.2, 0.25) is 0 Å². The minimum Gasteiger partial charge on any atom is -0.480 e. The van der Waals surface area contributed by atoms with Crippen molar-refractivity contribution in [3.63, 3.8) is 0 Å². The molecule has 0 fully saturated rings. The van der Waals surface area contributed by atoms with Crippen molar-refractivity contribution in [3.8, 4) is 0 Å². The highest BCUT2D eigenvalue weighted by molar-refractivity contribution is 5.99. The summed E-state index contributed by atoms with van der Waals surface area (Å²) in [6.45, 7) is 10.2. The van der Waals surface area contributed by atoms with Crippen LogP contribution in [0.25, 0.3) is 0 Å². The first-order chi connectivity index (χ1) is 30.1. The van der Waals surface area contributed by atoms with Crippen molar-refractivity contribution in [2.24, 2.45) is 35.0 Å². The summed E-state index contributed by atoms with van der Waals surface area (Å²) in [5, 5.41) is 57.5.